The molecule has 176 valence electrons. The van der Waals surface area contributed by atoms with Crippen molar-refractivity contribution in [1.82, 2.24) is 15.5 Å². The highest BCUT2D eigenvalue weighted by atomic mass is 19.1. The highest BCUT2D eigenvalue weighted by Crippen LogP contribution is 2.37. The third-order valence-electron chi connectivity index (χ3n) is 6.29. The number of carbonyl (C=O) groups is 3. The van der Waals surface area contributed by atoms with E-state index < -0.39 is 29.0 Å². The average Bonchev–Trinajstić information content (AvgIpc) is 2.75. The van der Waals surface area contributed by atoms with Crippen molar-refractivity contribution in [1.29, 1.82) is 0 Å². The summed E-state index contributed by atoms with van der Waals surface area (Å²) in [5.74, 6) is -2.54. The Balaban J connectivity index is 1.71. The number of nitrogens with zero attached hydrogens (tertiary/aromatic N) is 1. The number of rotatable bonds is 1. The predicted molar refractivity (Wildman–Crippen MR) is 114 cm³/mol. The van der Waals surface area contributed by atoms with Crippen LogP contribution in [0.5, 0.6) is 0 Å². The van der Waals surface area contributed by atoms with E-state index in [0.717, 1.165) is 31.0 Å². The summed E-state index contributed by atoms with van der Waals surface area (Å²) in [7, 11) is 0. The first kappa shape index (κ1) is 24.1. The van der Waals surface area contributed by atoms with Crippen molar-refractivity contribution in [2.24, 2.45) is 5.41 Å². The Morgan fingerprint density at radius 2 is 1.69 bits per heavy atom. The third-order valence-corrected chi connectivity index (χ3v) is 6.29. The zero-order chi connectivity index (χ0) is 23.3. The van der Waals surface area contributed by atoms with Crippen molar-refractivity contribution in [3.63, 3.8) is 0 Å². The van der Waals surface area contributed by atoms with Crippen LogP contribution in [0.1, 0.15) is 56.3 Å². The second-order valence-electron chi connectivity index (χ2n) is 8.87. The summed E-state index contributed by atoms with van der Waals surface area (Å²) in [5, 5.41) is 5.68. The second-order valence-corrected chi connectivity index (χ2v) is 8.87. The van der Waals surface area contributed by atoms with Gasteiger partial charge in [0.2, 0.25) is 11.8 Å². The van der Waals surface area contributed by atoms with E-state index in [-0.39, 0.29) is 23.4 Å². The van der Waals surface area contributed by atoms with Crippen LogP contribution in [0.2, 0.25) is 0 Å². The third kappa shape index (κ3) is 5.82. The van der Waals surface area contributed by atoms with Gasteiger partial charge in [-0.25, -0.2) is 8.78 Å². The van der Waals surface area contributed by atoms with E-state index in [2.05, 4.69) is 10.6 Å². The molecule has 1 aromatic carbocycles. The van der Waals surface area contributed by atoms with Crippen molar-refractivity contribution in [3.8, 4) is 0 Å². The van der Waals surface area contributed by atoms with Crippen molar-refractivity contribution in [2.75, 3.05) is 26.3 Å². The lowest BCUT2D eigenvalue weighted by Gasteiger charge is -2.41. The number of carbonyl (C=O) groups excluding carboxylic acids is 3. The van der Waals surface area contributed by atoms with Crippen molar-refractivity contribution in [3.05, 3.63) is 35.4 Å². The molecule has 0 unspecified atom stereocenters. The zero-order valence-corrected chi connectivity index (χ0v) is 18.6. The van der Waals surface area contributed by atoms with E-state index in [0.29, 0.717) is 45.6 Å². The van der Waals surface area contributed by atoms with Gasteiger partial charge in [0.25, 0.3) is 5.91 Å². The number of nitrogens with one attached hydrogen (secondary N) is 2. The molecule has 2 aliphatic heterocycles. The van der Waals surface area contributed by atoms with Crippen molar-refractivity contribution in [2.45, 2.75) is 58.0 Å². The Morgan fingerprint density at radius 1 is 1.03 bits per heavy atom. The Labute approximate surface area is 186 Å². The first-order valence-electron chi connectivity index (χ1n) is 11.1. The van der Waals surface area contributed by atoms with Gasteiger partial charge in [0, 0.05) is 37.4 Å². The van der Waals surface area contributed by atoms with Crippen LogP contribution in [0.15, 0.2) is 18.2 Å². The minimum Gasteiger partial charge on any atom is -0.379 e. The van der Waals surface area contributed by atoms with E-state index in [9.17, 15) is 23.2 Å². The van der Waals surface area contributed by atoms with E-state index in [1.54, 1.807) is 6.92 Å². The number of piperidine rings is 1. The number of benzene rings is 1. The molecule has 0 radical (unpaired) electrons. The maximum Gasteiger partial charge on any atom is 0.254 e. The molecule has 0 saturated carbocycles. The number of hydrogen-bond donors (Lipinski definition) is 2. The van der Waals surface area contributed by atoms with Gasteiger partial charge in [-0.2, -0.15) is 0 Å². The van der Waals surface area contributed by atoms with Crippen LogP contribution < -0.4 is 10.6 Å². The number of halogens is 2. The second kappa shape index (κ2) is 10.4. The number of amides is 3. The molecule has 32 heavy (non-hydrogen) atoms. The van der Waals surface area contributed by atoms with Gasteiger partial charge in [-0.15, -0.1) is 0 Å². The summed E-state index contributed by atoms with van der Waals surface area (Å²) in [6.07, 6.45) is 3.00. The molecule has 0 bridgehead atoms. The molecule has 2 heterocycles. The molecule has 3 amide bonds. The van der Waals surface area contributed by atoms with Gasteiger partial charge >= 0.3 is 0 Å². The van der Waals surface area contributed by atoms with Crippen LogP contribution in [0, 0.1) is 17.0 Å². The maximum absolute atomic E-state index is 13.5. The molecule has 7 nitrogen and oxygen atoms in total. The predicted octanol–water partition coefficient (Wildman–Crippen LogP) is 2.40. The maximum atomic E-state index is 13.5. The molecule has 9 heteroatoms. The lowest BCUT2D eigenvalue weighted by Crippen LogP contribution is -2.55. The Kier molecular flexibility index (Phi) is 7.82. The molecular weight excluding hydrogens is 420 g/mol. The number of ether oxygens (including phenoxy) is 1. The molecule has 3 rings (SSSR count). The first-order chi connectivity index (χ1) is 15.2. The summed E-state index contributed by atoms with van der Waals surface area (Å²) in [4.78, 5) is 39.9. The minimum absolute atomic E-state index is 0.0468. The van der Waals surface area contributed by atoms with Gasteiger partial charge in [-0.3, -0.25) is 14.4 Å². The van der Waals surface area contributed by atoms with Crippen LogP contribution in [-0.2, 0) is 14.3 Å². The van der Waals surface area contributed by atoms with E-state index in [4.69, 9.17) is 4.74 Å². The average molecular weight is 452 g/mol. The quantitative estimate of drug-likeness (QED) is 0.687. The molecule has 0 aromatic heterocycles. The van der Waals surface area contributed by atoms with Gasteiger partial charge in [0.1, 0.15) is 17.7 Å². The van der Waals surface area contributed by atoms with Crippen LogP contribution >= 0.6 is 0 Å². The van der Waals surface area contributed by atoms with E-state index >= 15 is 0 Å². The fraction of sp³-hybridized carbons (Fsp3) is 0.609. The Bertz CT molecular complexity index is 835. The van der Waals surface area contributed by atoms with Gasteiger partial charge in [-0.05, 0) is 51.7 Å². The summed E-state index contributed by atoms with van der Waals surface area (Å²) in [6, 6.07) is 1.91. The normalized spacial score (nSPS) is 25.2. The molecule has 2 aliphatic rings. The molecule has 2 atom stereocenters. The summed E-state index contributed by atoms with van der Waals surface area (Å²) < 4.78 is 32.7. The molecule has 2 N–H and O–H groups in total. The summed E-state index contributed by atoms with van der Waals surface area (Å²) in [5.41, 5.74) is -0.757. The molecule has 1 spiro atoms. The number of likely N-dealkylation sites (tertiary alicyclic amines) is 1. The Hall–Kier alpha value is -2.55. The lowest BCUT2D eigenvalue weighted by atomic mass is 9.73. The van der Waals surface area contributed by atoms with Gasteiger partial charge in [0.05, 0.1) is 12.0 Å². The molecular formula is C23H31F2N3O4. The zero-order valence-electron chi connectivity index (χ0n) is 18.6. The fourth-order valence-electron chi connectivity index (χ4n) is 4.34. The summed E-state index contributed by atoms with van der Waals surface area (Å²) in [6.45, 7) is 5.03. The smallest absolute Gasteiger partial charge is 0.254 e. The lowest BCUT2D eigenvalue weighted by molar-refractivity contribution is -0.137. The van der Waals surface area contributed by atoms with Crippen molar-refractivity contribution >= 4 is 17.7 Å². The number of hydrogen-bond acceptors (Lipinski definition) is 4. The highest BCUT2D eigenvalue weighted by Gasteiger charge is 2.42. The van der Waals surface area contributed by atoms with E-state index in [1.807, 2.05) is 6.92 Å². The minimum atomic E-state index is -0.805. The first-order valence-corrected chi connectivity index (χ1v) is 11.1. The van der Waals surface area contributed by atoms with Crippen molar-refractivity contribution < 1.29 is 27.9 Å². The van der Waals surface area contributed by atoms with Gasteiger partial charge in [-0.1, -0.05) is 6.42 Å². The fourth-order valence-corrected chi connectivity index (χ4v) is 4.34. The molecule has 1 aromatic rings. The standard InChI is InChI=1S/C23H31F2N3O4/c1-15-14-32-10-4-3-5-23(22(31)27-16(2)20(29)26-15)6-8-28(9-7-23)21(30)17-11-18(24)13-19(25)12-17/h11-13,15-16H,3-10,14H2,1-2H3,(H,26,29)(H,27,31)/t15-,16-/m0/s1. The van der Waals surface area contributed by atoms with Crippen LogP contribution in [0.25, 0.3) is 0 Å². The topological polar surface area (TPSA) is 87.7 Å². The Morgan fingerprint density at radius 3 is 2.34 bits per heavy atom. The van der Waals surface area contributed by atoms with Crippen LogP contribution in [0.4, 0.5) is 8.78 Å². The van der Waals surface area contributed by atoms with Gasteiger partial charge < -0.3 is 20.3 Å². The molecule has 2 fully saturated rings. The monoisotopic (exact) mass is 451 g/mol. The van der Waals surface area contributed by atoms with Crippen LogP contribution in [-0.4, -0.2) is 61.0 Å². The highest BCUT2D eigenvalue weighted by molar-refractivity contribution is 5.95. The molecule has 0 aliphatic carbocycles. The largest absolute Gasteiger partial charge is 0.379 e. The summed E-state index contributed by atoms with van der Waals surface area (Å²) >= 11 is 0. The van der Waals surface area contributed by atoms with Crippen LogP contribution in [0.3, 0.4) is 0 Å². The molecule has 2 saturated heterocycles. The van der Waals surface area contributed by atoms with Gasteiger partial charge in [0.15, 0.2) is 0 Å². The SMILES string of the molecule is C[C@@H]1NC(=O)C2(CCCCOC[C@H](C)NC1=O)CCN(C(=O)c1cc(F)cc(F)c1)CC2. The van der Waals surface area contributed by atoms with E-state index in [1.165, 1.54) is 4.90 Å².